The summed E-state index contributed by atoms with van der Waals surface area (Å²) in [6.07, 6.45) is 6.37. The minimum absolute atomic E-state index is 0.231. The zero-order chi connectivity index (χ0) is 12.7. The fourth-order valence-electron chi connectivity index (χ4n) is 3.04. The molecule has 0 spiro atoms. The molecule has 1 aliphatic rings. The average Bonchev–Trinajstić information content (AvgIpc) is 2.86. The van der Waals surface area contributed by atoms with Crippen molar-refractivity contribution in [2.24, 2.45) is 5.73 Å². The molecule has 17 heavy (non-hydrogen) atoms. The molecule has 0 aromatic rings. The standard InChI is InChI=1S/C14H31N3/c1-4-8-14(5-2,13-15)16(3)11-12-17-9-6-7-10-17/h4-13,15H2,1-3H3. The van der Waals surface area contributed by atoms with E-state index in [0.29, 0.717) is 0 Å². The van der Waals surface area contributed by atoms with Gasteiger partial charge in [-0.25, -0.2) is 0 Å². The van der Waals surface area contributed by atoms with Crippen LogP contribution in [0.15, 0.2) is 0 Å². The Morgan fingerprint density at radius 3 is 2.35 bits per heavy atom. The van der Waals surface area contributed by atoms with Crippen molar-refractivity contribution in [3.63, 3.8) is 0 Å². The molecular weight excluding hydrogens is 210 g/mol. The van der Waals surface area contributed by atoms with E-state index in [1.54, 1.807) is 0 Å². The predicted molar refractivity (Wildman–Crippen MR) is 75.3 cm³/mol. The fourth-order valence-corrected chi connectivity index (χ4v) is 3.04. The van der Waals surface area contributed by atoms with E-state index in [1.165, 1.54) is 45.3 Å². The maximum Gasteiger partial charge on any atom is 0.0326 e. The van der Waals surface area contributed by atoms with E-state index in [2.05, 4.69) is 30.7 Å². The number of likely N-dealkylation sites (N-methyl/N-ethyl adjacent to an activating group) is 1. The van der Waals surface area contributed by atoms with Gasteiger partial charge in [-0.2, -0.15) is 0 Å². The van der Waals surface area contributed by atoms with Crippen LogP contribution in [0.3, 0.4) is 0 Å². The van der Waals surface area contributed by atoms with Crippen LogP contribution in [0, 0.1) is 0 Å². The molecule has 3 heteroatoms. The van der Waals surface area contributed by atoms with Crippen molar-refractivity contribution in [3.05, 3.63) is 0 Å². The summed E-state index contributed by atoms with van der Waals surface area (Å²) < 4.78 is 0. The molecule has 0 aliphatic carbocycles. The Morgan fingerprint density at radius 2 is 1.88 bits per heavy atom. The van der Waals surface area contributed by atoms with Crippen molar-refractivity contribution in [1.82, 2.24) is 9.80 Å². The van der Waals surface area contributed by atoms with Gasteiger partial charge in [0.05, 0.1) is 0 Å². The van der Waals surface area contributed by atoms with Crippen LogP contribution in [-0.2, 0) is 0 Å². The van der Waals surface area contributed by atoms with Crippen molar-refractivity contribution in [2.75, 3.05) is 39.8 Å². The number of nitrogens with zero attached hydrogens (tertiary/aromatic N) is 2. The van der Waals surface area contributed by atoms with E-state index < -0.39 is 0 Å². The number of hydrogen-bond acceptors (Lipinski definition) is 3. The summed E-state index contributed by atoms with van der Waals surface area (Å²) in [6, 6.07) is 0. The van der Waals surface area contributed by atoms with Crippen molar-refractivity contribution >= 4 is 0 Å². The summed E-state index contributed by atoms with van der Waals surface area (Å²) >= 11 is 0. The maximum atomic E-state index is 6.03. The van der Waals surface area contributed by atoms with Crippen LogP contribution in [0.1, 0.15) is 46.0 Å². The highest BCUT2D eigenvalue weighted by Crippen LogP contribution is 2.23. The predicted octanol–water partition coefficient (Wildman–Crippen LogP) is 1.92. The van der Waals surface area contributed by atoms with Gasteiger partial charge in [0.2, 0.25) is 0 Å². The first kappa shape index (κ1) is 14.9. The third kappa shape index (κ3) is 3.94. The minimum Gasteiger partial charge on any atom is -0.329 e. The Hall–Kier alpha value is -0.120. The van der Waals surface area contributed by atoms with E-state index in [1.807, 2.05) is 0 Å². The zero-order valence-electron chi connectivity index (χ0n) is 12.0. The molecule has 1 unspecified atom stereocenters. The average molecular weight is 241 g/mol. The number of likely N-dealkylation sites (tertiary alicyclic amines) is 1. The smallest absolute Gasteiger partial charge is 0.0326 e. The molecular formula is C14H31N3. The molecule has 0 saturated carbocycles. The Labute approximate surface area is 107 Å². The lowest BCUT2D eigenvalue weighted by Crippen LogP contribution is -2.53. The maximum absolute atomic E-state index is 6.03. The molecule has 1 rings (SSSR count). The third-order valence-electron chi connectivity index (χ3n) is 4.51. The van der Waals surface area contributed by atoms with Gasteiger partial charge in [0.1, 0.15) is 0 Å². The van der Waals surface area contributed by atoms with Gasteiger partial charge in [0.15, 0.2) is 0 Å². The fraction of sp³-hybridized carbons (Fsp3) is 1.00. The van der Waals surface area contributed by atoms with Gasteiger partial charge in [0.25, 0.3) is 0 Å². The molecule has 0 radical (unpaired) electrons. The summed E-state index contributed by atoms with van der Waals surface area (Å²) in [6.45, 7) is 10.3. The van der Waals surface area contributed by atoms with E-state index >= 15 is 0 Å². The molecule has 102 valence electrons. The molecule has 0 amide bonds. The van der Waals surface area contributed by atoms with Crippen LogP contribution in [0.25, 0.3) is 0 Å². The van der Waals surface area contributed by atoms with Crippen molar-refractivity contribution in [1.29, 1.82) is 0 Å². The topological polar surface area (TPSA) is 32.5 Å². The summed E-state index contributed by atoms with van der Waals surface area (Å²) in [4.78, 5) is 5.09. The molecule has 0 aromatic carbocycles. The summed E-state index contributed by atoms with van der Waals surface area (Å²) in [7, 11) is 2.25. The molecule has 3 nitrogen and oxygen atoms in total. The van der Waals surface area contributed by atoms with Crippen LogP contribution < -0.4 is 5.73 Å². The van der Waals surface area contributed by atoms with Crippen LogP contribution in [-0.4, -0.2) is 55.1 Å². The third-order valence-corrected chi connectivity index (χ3v) is 4.51. The monoisotopic (exact) mass is 241 g/mol. The number of rotatable bonds is 8. The van der Waals surface area contributed by atoms with Crippen LogP contribution in [0.4, 0.5) is 0 Å². The quantitative estimate of drug-likeness (QED) is 0.705. The van der Waals surface area contributed by atoms with Gasteiger partial charge < -0.3 is 10.6 Å². The number of nitrogens with two attached hydrogens (primary N) is 1. The van der Waals surface area contributed by atoms with Crippen LogP contribution in [0.2, 0.25) is 0 Å². The van der Waals surface area contributed by atoms with Gasteiger partial charge >= 0.3 is 0 Å². The second-order valence-corrected chi connectivity index (χ2v) is 5.50. The normalized spacial score (nSPS) is 21.0. The zero-order valence-corrected chi connectivity index (χ0v) is 12.0. The highest BCUT2D eigenvalue weighted by molar-refractivity contribution is 4.89. The molecule has 1 saturated heterocycles. The summed E-state index contributed by atoms with van der Waals surface area (Å²) in [5.41, 5.74) is 6.26. The second-order valence-electron chi connectivity index (χ2n) is 5.50. The first-order valence-corrected chi connectivity index (χ1v) is 7.32. The first-order chi connectivity index (χ1) is 8.18. The van der Waals surface area contributed by atoms with E-state index in [4.69, 9.17) is 5.73 Å². The summed E-state index contributed by atoms with van der Waals surface area (Å²) in [5.74, 6) is 0. The van der Waals surface area contributed by atoms with Gasteiger partial charge in [0, 0.05) is 25.2 Å². The van der Waals surface area contributed by atoms with E-state index in [9.17, 15) is 0 Å². The Balaban J connectivity index is 2.43. The highest BCUT2D eigenvalue weighted by Gasteiger charge is 2.30. The van der Waals surface area contributed by atoms with Gasteiger partial charge in [-0.05, 0) is 45.8 Å². The van der Waals surface area contributed by atoms with Crippen molar-refractivity contribution < 1.29 is 0 Å². The lowest BCUT2D eigenvalue weighted by molar-refractivity contribution is 0.0976. The molecule has 1 atom stereocenters. The molecule has 1 heterocycles. The largest absolute Gasteiger partial charge is 0.329 e. The van der Waals surface area contributed by atoms with Gasteiger partial charge in [-0.15, -0.1) is 0 Å². The van der Waals surface area contributed by atoms with Crippen molar-refractivity contribution in [2.45, 2.75) is 51.5 Å². The van der Waals surface area contributed by atoms with Crippen LogP contribution >= 0.6 is 0 Å². The second kappa shape index (κ2) is 7.34. The Bertz CT molecular complexity index is 196. The molecule has 1 aliphatic heterocycles. The van der Waals surface area contributed by atoms with Gasteiger partial charge in [-0.1, -0.05) is 20.3 Å². The highest BCUT2D eigenvalue weighted by atomic mass is 15.2. The van der Waals surface area contributed by atoms with E-state index in [-0.39, 0.29) is 5.54 Å². The number of hydrogen-bond donors (Lipinski definition) is 1. The molecule has 0 aromatic heterocycles. The summed E-state index contributed by atoms with van der Waals surface area (Å²) in [5, 5.41) is 0. The van der Waals surface area contributed by atoms with Gasteiger partial charge in [-0.3, -0.25) is 4.90 Å². The Morgan fingerprint density at radius 1 is 1.24 bits per heavy atom. The first-order valence-electron chi connectivity index (χ1n) is 7.32. The lowest BCUT2D eigenvalue weighted by Gasteiger charge is -2.41. The molecule has 1 fully saturated rings. The van der Waals surface area contributed by atoms with Crippen LogP contribution in [0.5, 0.6) is 0 Å². The lowest BCUT2D eigenvalue weighted by atomic mass is 9.89. The van der Waals surface area contributed by atoms with Crippen molar-refractivity contribution in [3.8, 4) is 0 Å². The SMILES string of the molecule is CCCC(CC)(CN)N(C)CCN1CCCC1. The van der Waals surface area contributed by atoms with E-state index in [0.717, 1.165) is 19.5 Å². The molecule has 2 N–H and O–H groups in total. The minimum atomic E-state index is 0.231. The molecule has 0 bridgehead atoms. The Kier molecular flexibility index (Phi) is 6.45.